The summed E-state index contributed by atoms with van der Waals surface area (Å²) in [5.41, 5.74) is 6.91. The molecule has 0 aliphatic heterocycles. The SMILES string of the molecule is COc1ccc(COc2cc(Cl)ccc2N)cc1F. The standard InChI is InChI=1S/C14H13ClFNO2/c1-18-13-5-2-9(6-11(13)16)8-19-14-7-10(15)3-4-12(14)17/h2-7H,8,17H2,1H3. The molecular weight excluding hydrogens is 269 g/mol. The molecule has 0 amide bonds. The molecular formula is C14H13ClFNO2. The lowest BCUT2D eigenvalue weighted by molar-refractivity contribution is 0.306. The molecule has 2 aromatic carbocycles. The minimum absolute atomic E-state index is 0.200. The molecule has 0 spiro atoms. The summed E-state index contributed by atoms with van der Waals surface area (Å²) < 4.78 is 23.9. The number of hydrogen-bond donors (Lipinski definition) is 1. The summed E-state index contributed by atoms with van der Waals surface area (Å²) in [6, 6.07) is 9.59. The van der Waals surface area contributed by atoms with Crippen LogP contribution >= 0.6 is 11.6 Å². The molecule has 0 radical (unpaired) electrons. The largest absolute Gasteiger partial charge is 0.494 e. The van der Waals surface area contributed by atoms with Gasteiger partial charge in [-0.05, 0) is 29.8 Å². The van der Waals surface area contributed by atoms with Crippen molar-refractivity contribution in [1.82, 2.24) is 0 Å². The highest BCUT2D eigenvalue weighted by molar-refractivity contribution is 6.30. The molecule has 19 heavy (non-hydrogen) atoms. The van der Waals surface area contributed by atoms with Gasteiger partial charge in [0, 0.05) is 11.1 Å². The van der Waals surface area contributed by atoms with Crippen LogP contribution in [0.15, 0.2) is 36.4 Å². The number of benzene rings is 2. The van der Waals surface area contributed by atoms with E-state index < -0.39 is 5.82 Å². The fraction of sp³-hybridized carbons (Fsp3) is 0.143. The summed E-state index contributed by atoms with van der Waals surface area (Å²) in [6.07, 6.45) is 0. The van der Waals surface area contributed by atoms with Gasteiger partial charge in [-0.1, -0.05) is 17.7 Å². The van der Waals surface area contributed by atoms with Gasteiger partial charge in [0.05, 0.1) is 12.8 Å². The van der Waals surface area contributed by atoms with Crippen molar-refractivity contribution in [3.8, 4) is 11.5 Å². The maximum absolute atomic E-state index is 13.5. The monoisotopic (exact) mass is 281 g/mol. The van der Waals surface area contributed by atoms with Crippen LogP contribution in [0, 0.1) is 5.82 Å². The molecule has 3 nitrogen and oxygen atoms in total. The fourth-order valence-corrected chi connectivity index (χ4v) is 1.76. The van der Waals surface area contributed by atoms with E-state index in [1.54, 1.807) is 30.3 Å². The number of methoxy groups -OCH3 is 1. The zero-order valence-electron chi connectivity index (χ0n) is 10.3. The Morgan fingerprint density at radius 2 is 1.95 bits per heavy atom. The molecule has 0 unspecified atom stereocenters. The van der Waals surface area contributed by atoms with Gasteiger partial charge in [0.15, 0.2) is 11.6 Å². The van der Waals surface area contributed by atoms with E-state index in [1.165, 1.54) is 13.2 Å². The predicted molar refractivity (Wildman–Crippen MR) is 73.1 cm³/mol. The topological polar surface area (TPSA) is 44.5 Å². The summed E-state index contributed by atoms with van der Waals surface area (Å²) in [7, 11) is 1.42. The average molecular weight is 282 g/mol. The lowest BCUT2D eigenvalue weighted by Gasteiger charge is -2.10. The Hall–Kier alpha value is -1.94. The first-order valence-corrected chi connectivity index (χ1v) is 5.98. The molecule has 0 saturated carbocycles. The van der Waals surface area contributed by atoms with E-state index in [2.05, 4.69) is 0 Å². The van der Waals surface area contributed by atoms with Crippen LogP contribution in [-0.2, 0) is 6.61 Å². The van der Waals surface area contributed by atoms with Crippen LogP contribution < -0.4 is 15.2 Å². The summed E-state index contributed by atoms with van der Waals surface area (Å²) >= 11 is 5.85. The van der Waals surface area contributed by atoms with E-state index >= 15 is 0 Å². The summed E-state index contributed by atoms with van der Waals surface area (Å²) in [5.74, 6) is 0.248. The Balaban J connectivity index is 2.10. The van der Waals surface area contributed by atoms with E-state index in [4.69, 9.17) is 26.8 Å². The molecule has 0 bridgehead atoms. The predicted octanol–water partition coefficient (Wildman–Crippen LogP) is 3.65. The Kier molecular flexibility index (Phi) is 4.12. The second-order valence-corrected chi connectivity index (χ2v) is 4.38. The van der Waals surface area contributed by atoms with Gasteiger partial charge >= 0.3 is 0 Å². The number of halogens is 2. The Labute approximate surface area is 115 Å². The molecule has 0 fully saturated rings. The van der Waals surface area contributed by atoms with Crippen molar-refractivity contribution in [2.75, 3.05) is 12.8 Å². The van der Waals surface area contributed by atoms with Crippen LogP contribution in [0.1, 0.15) is 5.56 Å². The van der Waals surface area contributed by atoms with Crippen LogP contribution in [0.5, 0.6) is 11.5 Å². The van der Waals surface area contributed by atoms with Crippen LogP contribution in [0.2, 0.25) is 5.02 Å². The number of nitrogen functional groups attached to an aromatic ring is 1. The molecule has 0 aromatic heterocycles. The number of ether oxygens (including phenoxy) is 2. The Morgan fingerprint density at radius 1 is 1.16 bits per heavy atom. The van der Waals surface area contributed by atoms with Crippen molar-refractivity contribution in [1.29, 1.82) is 0 Å². The third-order valence-electron chi connectivity index (χ3n) is 2.59. The first-order chi connectivity index (χ1) is 9.10. The van der Waals surface area contributed by atoms with E-state index in [9.17, 15) is 4.39 Å². The normalized spacial score (nSPS) is 10.3. The lowest BCUT2D eigenvalue weighted by atomic mass is 10.2. The second-order valence-electron chi connectivity index (χ2n) is 3.94. The van der Waals surface area contributed by atoms with Gasteiger partial charge in [-0.25, -0.2) is 4.39 Å². The summed E-state index contributed by atoms with van der Waals surface area (Å²) in [6.45, 7) is 0.200. The molecule has 0 atom stereocenters. The molecule has 2 N–H and O–H groups in total. The minimum atomic E-state index is -0.428. The number of hydrogen-bond acceptors (Lipinski definition) is 3. The number of anilines is 1. The van der Waals surface area contributed by atoms with Crippen molar-refractivity contribution < 1.29 is 13.9 Å². The van der Waals surface area contributed by atoms with Gasteiger partial charge in [0.25, 0.3) is 0 Å². The zero-order valence-corrected chi connectivity index (χ0v) is 11.1. The minimum Gasteiger partial charge on any atom is -0.494 e. The summed E-state index contributed by atoms with van der Waals surface area (Å²) in [5, 5.41) is 0.533. The van der Waals surface area contributed by atoms with Crippen LogP contribution in [0.25, 0.3) is 0 Å². The Bertz CT molecular complexity index is 590. The first-order valence-electron chi connectivity index (χ1n) is 5.60. The van der Waals surface area contributed by atoms with E-state index in [1.807, 2.05) is 0 Å². The summed E-state index contributed by atoms with van der Waals surface area (Å²) in [4.78, 5) is 0. The smallest absolute Gasteiger partial charge is 0.165 e. The highest BCUT2D eigenvalue weighted by atomic mass is 35.5. The van der Waals surface area contributed by atoms with Gasteiger partial charge < -0.3 is 15.2 Å². The third kappa shape index (κ3) is 3.29. The maximum atomic E-state index is 13.5. The van der Waals surface area contributed by atoms with Gasteiger partial charge in [-0.2, -0.15) is 0 Å². The molecule has 100 valence electrons. The molecule has 0 aliphatic carbocycles. The molecule has 2 rings (SSSR count). The van der Waals surface area contributed by atoms with Crippen molar-refractivity contribution in [2.24, 2.45) is 0 Å². The molecule has 5 heteroatoms. The van der Waals surface area contributed by atoms with Crippen molar-refractivity contribution in [3.05, 3.63) is 52.8 Å². The van der Waals surface area contributed by atoms with Gasteiger partial charge in [-0.3, -0.25) is 0 Å². The van der Waals surface area contributed by atoms with Crippen molar-refractivity contribution >= 4 is 17.3 Å². The zero-order chi connectivity index (χ0) is 13.8. The van der Waals surface area contributed by atoms with Gasteiger partial charge in [0.1, 0.15) is 12.4 Å². The molecule has 0 saturated heterocycles. The van der Waals surface area contributed by atoms with Crippen LogP contribution in [0.4, 0.5) is 10.1 Å². The highest BCUT2D eigenvalue weighted by Gasteiger charge is 2.06. The maximum Gasteiger partial charge on any atom is 0.165 e. The quantitative estimate of drug-likeness (QED) is 0.870. The lowest BCUT2D eigenvalue weighted by Crippen LogP contribution is -1.99. The highest BCUT2D eigenvalue weighted by Crippen LogP contribution is 2.26. The van der Waals surface area contributed by atoms with E-state index in [0.29, 0.717) is 22.0 Å². The van der Waals surface area contributed by atoms with Crippen molar-refractivity contribution in [2.45, 2.75) is 6.61 Å². The molecule has 0 heterocycles. The molecule has 2 aromatic rings. The van der Waals surface area contributed by atoms with E-state index in [0.717, 1.165) is 0 Å². The van der Waals surface area contributed by atoms with Crippen LogP contribution in [0.3, 0.4) is 0 Å². The van der Waals surface area contributed by atoms with Crippen molar-refractivity contribution in [3.63, 3.8) is 0 Å². The average Bonchev–Trinajstić information content (AvgIpc) is 2.40. The number of rotatable bonds is 4. The number of nitrogens with two attached hydrogens (primary N) is 1. The van der Waals surface area contributed by atoms with Crippen LogP contribution in [-0.4, -0.2) is 7.11 Å². The third-order valence-corrected chi connectivity index (χ3v) is 2.82. The fourth-order valence-electron chi connectivity index (χ4n) is 1.59. The second kappa shape index (κ2) is 5.80. The Morgan fingerprint density at radius 3 is 2.63 bits per heavy atom. The van der Waals surface area contributed by atoms with E-state index in [-0.39, 0.29) is 12.4 Å². The van der Waals surface area contributed by atoms with Gasteiger partial charge in [0.2, 0.25) is 0 Å². The van der Waals surface area contributed by atoms with Gasteiger partial charge in [-0.15, -0.1) is 0 Å². The molecule has 0 aliphatic rings. The first kappa shape index (κ1) is 13.5.